The van der Waals surface area contributed by atoms with E-state index in [-0.39, 0.29) is 11.2 Å². The maximum atomic E-state index is 12.2. The fourth-order valence-corrected chi connectivity index (χ4v) is 2.95. The first kappa shape index (κ1) is 12.2. The van der Waals surface area contributed by atoms with Gasteiger partial charge in [0.15, 0.2) is 0 Å². The van der Waals surface area contributed by atoms with E-state index in [1.54, 1.807) is 6.92 Å². The lowest BCUT2D eigenvalue weighted by atomic mass is 10.1. The molecule has 0 bridgehead atoms. The van der Waals surface area contributed by atoms with E-state index in [4.69, 9.17) is 4.42 Å². The van der Waals surface area contributed by atoms with E-state index in [0.29, 0.717) is 11.1 Å². The summed E-state index contributed by atoms with van der Waals surface area (Å²) < 4.78 is 5.31. The molecule has 19 heavy (non-hydrogen) atoms. The van der Waals surface area contributed by atoms with Gasteiger partial charge in [-0.2, -0.15) is 0 Å². The maximum Gasteiger partial charge on any atom is 0.277 e. The third kappa shape index (κ3) is 2.63. The van der Waals surface area contributed by atoms with Crippen LogP contribution in [0, 0.1) is 6.92 Å². The van der Waals surface area contributed by atoms with Crippen molar-refractivity contribution < 1.29 is 9.21 Å². The van der Waals surface area contributed by atoms with Crippen LogP contribution in [0.3, 0.4) is 0 Å². The number of rotatable bonds is 2. The summed E-state index contributed by atoms with van der Waals surface area (Å²) in [5.41, 5.74) is 2.07. The van der Waals surface area contributed by atoms with Crippen LogP contribution in [-0.2, 0) is 11.2 Å². The molecule has 1 aromatic heterocycles. The zero-order chi connectivity index (χ0) is 13.2. The molecule has 98 valence electrons. The van der Waals surface area contributed by atoms with E-state index in [1.165, 1.54) is 17.3 Å². The molecule has 1 unspecified atom stereocenters. The van der Waals surface area contributed by atoms with Crippen LogP contribution in [0.1, 0.15) is 17.9 Å². The van der Waals surface area contributed by atoms with Crippen molar-refractivity contribution in [2.45, 2.75) is 30.2 Å². The molecular weight excluding hydrogens is 262 g/mol. The van der Waals surface area contributed by atoms with Gasteiger partial charge in [0.2, 0.25) is 11.8 Å². The number of nitrogens with zero attached hydrogens (tertiary/aromatic N) is 2. The highest BCUT2D eigenvalue weighted by Gasteiger charge is 2.26. The summed E-state index contributed by atoms with van der Waals surface area (Å²) in [7, 11) is 0. The first-order valence-electron chi connectivity index (χ1n) is 6.08. The molecule has 1 aliphatic heterocycles. The predicted octanol–water partition coefficient (Wildman–Crippen LogP) is 2.42. The number of benzene rings is 1. The van der Waals surface area contributed by atoms with Gasteiger partial charge in [-0.15, -0.1) is 10.2 Å². The number of carbonyl (C=O) groups excluding carboxylic acids is 1. The Morgan fingerprint density at radius 3 is 3.00 bits per heavy atom. The van der Waals surface area contributed by atoms with E-state index in [9.17, 15) is 4.79 Å². The number of carbonyl (C=O) groups is 1. The molecule has 1 N–H and O–H groups in total. The highest BCUT2D eigenvalue weighted by atomic mass is 32.2. The summed E-state index contributed by atoms with van der Waals surface area (Å²) in [6.07, 6.45) is 1.62. The number of aromatic nitrogens is 2. The highest BCUT2D eigenvalue weighted by Crippen LogP contribution is 2.30. The molecule has 1 atom stereocenters. The molecular formula is C13H13N3O2S. The Morgan fingerprint density at radius 2 is 2.21 bits per heavy atom. The van der Waals surface area contributed by atoms with Crippen LogP contribution in [0.5, 0.6) is 0 Å². The molecule has 1 aromatic carbocycles. The van der Waals surface area contributed by atoms with E-state index >= 15 is 0 Å². The summed E-state index contributed by atoms with van der Waals surface area (Å²) in [5, 5.41) is 10.9. The lowest BCUT2D eigenvalue weighted by Crippen LogP contribution is -2.23. The second kappa shape index (κ2) is 5.05. The van der Waals surface area contributed by atoms with E-state index < -0.39 is 0 Å². The van der Waals surface area contributed by atoms with E-state index in [0.717, 1.165) is 18.5 Å². The van der Waals surface area contributed by atoms with Crippen molar-refractivity contribution in [1.29, 1.82) is 0 Å². The molecule has 2 aromatic rings. The molecule has 0 saturated heterocycles. The minimum Gasteiger partial charge on any atom is -0.416 e. The van der Waals surface area contributed by atoms with Crippen LogP contribution in [0.25, 0.3) is 0 Å². The molecule has 1 amide bonds. The molecule has 0 radical (unpaired) electrons. The Hall–Kier alpha value is -1.82. The minimum absolute atomic E-state index is 0.00852. The molecule has 3 rings (SSSR count). The van der Waals surface area contributed by atoms with Gasteiger partial charge in [-0.05, 0) is 24.5 Å². The lowest BCUT2D eigenvalue weighted by Gasteiger charge is -2.09. The Labute approximate surface area is 114 Å². The normalized spacial score (nSPS) is 18.6. The Balaban J connectivity index is 1.77. The molecule has 0 saturated carbocycles. The minimum atomic E-state index is -0.202. The molecule has 1 aliphatic rings. The fourth-order valence-electron chi connectivity index (χ4n) is 2.05. The molecule has 5 nitrogen and oxygen atoms in total. The van der Waals surface area contributed by atoms with Crippen LogP contribution < -0.4 is 5.32 Å². The van der Waals surface area contributed by atoms with Crippen molar-refractivity contribution in [2.24, 2.45) is 0 Å². The van der Waals surface area contributed by atoms with Gasteiger partial charge in [0.1, 0.15) is 0 Å². The van der Waals surface area contributed by atoms with Gasteiger partial charge < -0.3 is 9.73 Å². The van der Waals surface area contributed by atoms with Crippen LogP contribution in [0.15, 0.2) is 33.9 Å². The SMILES string of the molecule is Cc1nnc(SC2CCc3ccccc3NC2=O)o1. The van der Waals surface area contributed by atoms with Crippen LogP contribution >= 0.6 is 11.8 Å². The monoisotopic (exact) mass is 275 g/mol. The van der Waals surface area contributed by atoms with Gasteiger partial charge in [0, 0.05) is 12.6 Å². The third-order valence-electron chi connectivity index (χ3n) is 2.99. The van der Waals surface area contributed by atoms with Crippen molar-refractivity contribution in [1.82, 2.24) is 10.2 Å². The smallest absolute Gasteiger partial charge is 0.277 e. The van der Waals surface area contributed by atoms with E-state index in [2.05, 4.69) is 15.5 Å². The van der Waals surface area contributed by atoms with E-state index in [1.807, 2.05) is 24.3 Å². The van der Waals surface area contributed by atoms with Gasteiger partial charge in [-0.3, -0.25) is 4.79 Å². The number of aryl methyl sites for hydroxylation is 2. The molecule has 2 heterocycles. The first-order valence-corrected chi connectivity index (χ1v) is 6.96. The largest absolute Gasteiger partial charge is 0.416 e. The molecule has 6 heteroatoms. The van der Waals surface area contributed by atoms with Gasteiger partial charge in [-0.25, -0.2) is 0 Å². The summed E-state index contributed by atoms with van der Waals surface area (Å²) >= 11 is 1.33. The van der Waals surface area contributed by atoms with Crippen molar-refractivity contribution >= 4 is 23.4 Å². The van der Waals surface area contributed by atoms with Crippen molar-refractivity contribution in [3.05, 3.63) is 35.7 Å². The average molecular weight is 275 g/mol. The topological polar surface area (TPSA) is 68.0 Å². The van der Waals surface area contributed by atoms with Gasteiger partial charge in [0.05, 0.1) is 5.25 Å². The zero-order valence-electron chi connectivity index (χ0n) is 10.4. The van der Waals surface area contributed by atoms with Gasteiger partial charge >= 0.3 is 0 Å². The number of fused-ring (bicyclic) bond motifs is 1. The van der Waals surface area contributed by atoms with Gasteiger partial charge in [-0.1, -0.05) is 30.0 Å². The van der Waals surface area contributed by atoms with Crippen LogP contribution in [0.4, 0.5) is 5.69 Å². The van der Waals surface area contributed by atoms with Crippen LogP contribution in [0.2, 0.25) is 0 Å². The second-order valence-corrected chi connectivity index (χ2v) is 5.53. The Bertz CT molecular complexity index is 611. The highest BCUT2D eigenvalue weighted by molar-refractivity contribution is 8.00. The second-order valence-electron chi connectivity index (χ2n) is 4.38. The maximum absolute atomic E-state index is 12.2. The van der Waals surface area contributed by atoms with Crippen LogP contribution in [-0.4, -0.2) is 21.4 Å². The Kier molecular flexibility index (Phi) is 3.25. The number of thioether (sulfide) groups is 1. The number of anilines is 1. The number of para-hydroxylation sites is 1. The first-order chi connectivity index (χ1) is 9.22. The summed E-state index contributed by atoms with van der Waals surface area (Å²) in [6.45, 7) is 1.74. The van der Waals surface area contributed by atoms with Gasteiger partial charge in [0.25, 0.3) is 5.22 Å². The Morgan fingerprint density at radius 1 is 1.37 bits per heavy atom. The fraction of sp³-hybridized carbons (Fsp3) is 0.308. The molecule has 0 aliphatic carbocycles. The van der Waals surface area contributed by atoms with Crippen molar-refractivity contribution in [3.8, 4) is 0 Å². The lowest BCUT2D eigenvalue weighted by molar-refractivity contribution is -0.115. The quantitative estimate of drug-likeness (QED) is 0.911. The third-order valence-corrected chi connectivity index (χ3v) is 4.10. The number of hydrogen-bond donors (Lipinski definition) is 1. The predicted molar refractivity (Wildman–Crippen MR) is 72.1 cm³/mol. The number of nitrogens with one attached hydrogen (secondary N) is 1. The summed E-state index contributed by atoms with van der Waals surface area (Å²) in [6, 6.07) is 7.88. The number of hydrogen-bond acceptors (Lipinski definition) is 5. The van der Waals surface area contributed by atoms with Crippen molar-refractivity contribution in [2.75, 3.05) is 5.32 Å². The number of amides is 1. The molecule has 0 spiro atoms. The summed E-state index contributed by atoms with van der Waals surface area (Å²) in [4.78, 5) is 12.2. The average Bonchev–Trinajstić information content (AvgIpc) is 2.74. The zero-order valence-corrected chi connectivity index (χ0v) is 11.2. The summed E-state index contributed by atoms with van der Waals surface area (Å²) in [5.74, 6) is 0.505. The standard InChI is InChI=1S/C13H13N3O2S/c1-8-15-16-13(18-8)19-11-7-6-9-4-2-3-5-10(9)14-12(11)17/h2-5,11H,6-7H2,1H3,(H,14,17). The molecule has 0 fully saturated rings. The van der Waals surface area contributed by atoms with Crippen molar-refractivity contribution in [3.63, 3.8) is 0 Å².